The Labute approximate surface area is 161 Å². The Hall–Kier alpha value is -2.59. The number of rotatable bonds is 4. The van der Waals surface area contributed by atoms with E-state index in [1.54, 1.807) is 10.9 Å². The molecule has 0 bridgehead atoms. The number of fused-ring (bicyclic) bond motifs is 3. The Morgan fingerprint density at radius 1 is 1.14 bits per heavy atom. The van der Waals surface area contributed by atoms with Crippen molar-refractivity contribution in [2.75, 3.05) is 13.2 Å². The number of aliphatic imine (C=N–C) groups is 2. The van der Waals surface area contributed by atoms with E-state index in [0.29, 0.717) is 11.5 Å². The number of aromatic nitrogens is 2. The molecular formula is C19H21N5O4. The molecule has 1 fully saturated rings. The fourth-order valence-electron chi connectivity index (χ4n) is 3.96. The van der Waals surface area contributed by atoms with Crippen molar-refractivity contribution in [1.82, 2.24) is 14.5 Å². The summed E-state index contributed by atoms with van der Waals surface area (Å²) >= 11 is 0. The van der Waals surface area contributed by atoms with Gasteiger partial charge in [0.15, 0.2) is 23.6 Å². The summed E-state index contributed by atoms with van der Waals surface area (Å²) < 4.78 is 7.19. The summed E-state index contributed by atoms with van der Waals surface area (Å²) in [6.07, 6.45) is 0.0102. The summed E-state index contributed by atoms with van der Waals surface area (Å²) in [7, 11) is 0. The number of hydrogen-bond donors (Lipinski definition) is 3. The molecule has 0 spiro atoms. The average Bonchev–Trinajstić information content (AvgIpc) is 3.38. The summed E-state index contributed by atoms with van der Waals surface area (Å²) in [6.45, 7) is 0.352. The third-order valence-electron chi connectivity index (χ3n) is 5.39. The Balaban J connectivity index is 1.42. The molecule has 1 aromatic carbocycles. The lowest BCUT2D eigenvalue weighted by Gasteiger charge is -2.21. The predicted octanol–water partition coefficient (Wildman–Crippen LogP) is -0.159. The number of hydrogen-bond acceptors (Lipinski definition) is 8. The van der Waals surface area contributed by atoms with Crippen LogP contribution in [0.25, 0.3) is 0 Å². The van der Waals surface area contributed by atoms with Gasteiger partial charge in [-0.15, -0.1) is 0 Å². The van der Waals surface area contributed by atoms with Crippen LogP contribution in [0, 0.1) is 0 Å². The van der Waals surface area contributed by atoms with Gasteiger partial charge in [0, 0.05) is 6.54 Å². The van der Waals surface area contributed by atoms with Gasteiger partial charge in [-0.2, -0.15) is 0 Å². The van der Waals surface area contributed by atoms with Gasteiger partial charge in [0.25, 0.3) is 0 Å². The standard InChI is InChI=1S/C19H21N5O4/c25-8-13-15(26)16(27)19(28-13)24-10-20-14-17(24)21-9-23-7-12(22-18(14)23)6-11-4-2-1-3-5-11/h1-5,9-10,12-13,15-16,19,25-27H,6-8H2/t12-,13+,15+,16+,19?/m1/s1. The number of aliphatic hydroxyl groups excluding tert-OH is 3. The molecule has 0 radical (unpaired) electrons. The molecule has 9 nitrogen and oxygen atoms in total. The Bertz CT molecular complexity index is 928. The van der Waals surface area contributed by atoms with Gasteiger partial charge in [0.1, 0.15) is 18.3 Å². The van der Waals surface area contributed by atoms with Crippen LogP contribution in [0.2, 0.25) is 0 Å². The molecule has 4 heterocycles. The zero-order valence-corrected chi connectivity index (χ0v) is 15.0. The molecule has 2 aromatic rings. The zero-order valence-electron chi connectivity index (χ0n) is 15.0. The summed E-state index contributed by atoms with van der Waals surface area (Å²) in [5, 5.41) is 29.6. The van der Waals surface area contributed by atoms with Gasteiger partial charge >= 0.3 is 0 Å². The minimum absolute atomic E-state index is 0.105. The van der Waals surface area contributed by atoms with Gasteiger partial charge < -0.3 is 25.0 Å². The molecule has 28 heavy (non-hydrogen) atoms. The van der Waals surface area contributed by atoms with E-state index in [-0.39, 0.29) is 12.6 Å². The quantitative estimate of drug-likeness (QED) is 0.676. The number of nitrogens with zero attached hydrogens (tertiary/aromatic N) is 5. The number of imidazole rings is 1. The first-order chi connectivity index (χ1) is 13.7. The van der Waals surface area contributed by atoms with Crippen molar-refractivity contribution in [2.45, 2.75) is 37.0 Å². The highest BCUT2D eigenvalue weighted by Crippen LogP contribution is 2.36. The molecule has 3 N–H and O–H groups in total. The maximum atomic E-state index is 10.3. The SMILES string of the molecule is OC[C@@H]1OC(n2cnc3c2N=CN2C[C@@H](Cc4ccccc4)N=C32)[C@@H](O)[C@H]1O. The molecule has 1 saturated heterocycles. The van der Waals surface area contributed by atoms with Crippen molar-refractivity contribution in [1.29, 1.82) is 0 Å². The molecule has 1 unspecified atom stereocenters. The lowest BCUT2D eigenvalue weighted by atomic mass is 10.1. The van der Waals surface area contributed by atoms with Crippen LogP contribution >= 0.6 is 0 Å². The van der Waals surface area contributed by atoms with Crippen LogP contribution in [0.5, 0.6) is 0 Å². The maximum Gasteiger partial charge on any atom is 0.167 e. The van der Waals surface area contributed by atoms with E-state index < -0.39 is 24.5 Å². The molecule has 146 valence electrons. The number of benzene rings is 1. The minimum atomic E-state index is -1.18. The van der Waals surface area contributed by atoms with Crippen molar-refractivity contribution in [2.24, 2.45) is 9.98 Å². The number of ether oxygens (including phenoxy) is 1. The minimum Gasteiger partial charge on any atom is -0.394 e. The van der Waals surface area contributed by atoms with Crippen LogP contribution < -0.4 is 0 Å². The van der Waals surface area contributed by atoms with Crippen molar-refractivity contribution in [3.05, 3.63) is 47.9 Å². The monoisotopic (exact) mass is 383 g/mol. The molecule has 5 atom stereocenters. The topological polar surface area (TPSA) is 116 Å². The average molecular weight is 383 g/mol. The number of aliphatic hydroxyl groups is 3. The molecular weight excluding hydrogens is 362 g/mol. The van der Waals surface area contributed by atoms with E-state index >= 15 is 0 Å². The zero-order chi connectivity index (χ0) is 19.3. The predicted molar refractivity (Wildman–Crippen MR) is 101 cm³/mol. The molecule has 3 aliphatic rings. The van der Waals surface area contributed by atoms with Crippen molar-refractivity contribution in [3.8, 4) is 0 Å². The second kappa shape index (κ2) is 6.78. The van der Waals surface area contributed by atoms with E-state index in [1.807, 2.05) is 23.1 Å². The van der Waals surface area contributed by atoms with E-state index in [9.17, 15) is 15.3 Å². The Kier molecular flexibility index (Phi) is 4.24. The number of amidine groups is 1. The maximum absolute atomic E-state index is 10.3. The molecule has 1 aromatic heterocycles. The van der Waals surface area contributed by atoms with Crippen LogP contribution in [0.15, 0.2) is 46.6 Å². The highest BCUT2D eigenvalue weighted by Gasteiger charge is 2.45. The van der Waals surface area contributed by atoms with E-state index in [2.05, 4.69) is 22.1 Å². The largest absolute Gasteiger partial charge is 0.394 e. The molecule has 5 rings (SSSR count). The fraction of sp³-hybridized carbons (Fsp3) is 0.421. The first-order valence-electron chi connectivity index (χ1n) is 9.28. The third-order valence-corrected chi connectivity index (χ3v) is 5.39. The first-order valence-corrected chi connectivity index (χ1v) is 9.28. The van der Waals surface area contributed by atoms with Crippen molar-refractivity contribution >= 4 is 18.0 Å². The van der Waals surface area contributed by atoms with Gasteiger partial charge in [-0.3, -0.25) is 9.56 Å². The van der Waals surface area contributed by atoms with Gasteiger partial charge in [0.05, 0.1) is 25.3 Å². The van der Waals surface area contributed by atoms with Gasteiger partial charge in [-0.05, 0) is 12.0 Å². The Morgan fingerprint density at radius 2 is 1.96 bits per heavy atom. The molecule has 0 aliphatic carbocycles. The van der Waals surface area contributed by atoms with Crippen molar-refractivity contribution in [3.63, 3.8) is 0 Å². The summed E-state index contributed by atoms with van der Waals surface area (Å²) in [6, 6.07) is 10.3. The van der Waals surface area contributed by atoms with Crippen LogP contribution in [-0.2, 0) is 11.2 Å². The lowest BCUT2D eigenvalue weighted by molar-refractivity contribution is -0.0519. The van der Waals surface area contributed by atoms with Crippen LogP contribution in [0.1, 0.15) is 17.5 Å². The third kappa shape index (κ3) is 2.75. The van der Waals surface area contributed by atoms with Crippen molar-refractivity contribution < 1.29 is 20.1 Å². The highest BCUT2D eigenvalue weighted by atomic mass is 16.6. The lowest BCUT2D eigenvalue weighted by Crippen LogP contribution is -2.33. The van der Waals surface area contributed by atoms with Gasteiger partial charge in [-0.25, -0.2) is 9.98 Å². The van der Waals surface area contributed by atoms with Gasteiger partial charge in [-0.1, -0.05) is 30.3 Å². The molecule has 0 amide bonds. The van der Waals surface area contributed by atoms with Crippen LogP contribution in [0.4, 0.5) is 5.82 Å². The highest BCUT2D eigenvalue weighted by molar-refractivity contribution is 6.09. The normalized spacial score (nSPS) is 31.0. The smallest absolute Gasteiger partial charge is 0.167 e. The molecule has 3 aliphatic heterocycles. The summed E-state index contributed by atoms with van der Waals surface area (Å²) in [5.74, 6) is 1.27. The van der Waals surface area contributed by atoms with Crippen LogP contribution in [0.3, 0.4) is 0 Å². The molecule has 9 heteroatoms. The molecule has 0 saturated carbocycles. The fourth-order valence-corrected chi connectivity index (χ4v) is 3.96. The van der Waals surface area contributed by atoms with E-state index in [1.165, 1.54) is 11.9 Å². The Morgan fingerprint density at radius 3 is 2.71 bits per heavy atom. The first kappa shape index (κ1) is 17.5. The van der Waals surface area contributed by atoms with E-state index in [4.69, 9.17) is 9.73 Å². The van der Waals surface area contributed by atoms with E-state index in [0.717, 1.165) is 18.8 Å². The second-order valence-corrected chi connectivity index (χ2v) is 7.25. The van der Waals surface area contributed by atoms with Gasteiger partial charge in [0.2, 0.25) is 0 Å². The second-order valence-electron chi connectivity index (χ2n) is 7.25. The summed E-state index contributed by atoms with van der Waals surface area (Å²) in [4.78, 5) is 15.7. The van der Waals surface area contributed by atoms with Crippen LogP contribution in [-0.4, -0.2) is 79.5 Å². The summed E-state index contributed by atoms with van der Waals surface area (Å²) in [5.41, 5.74) is 1.85.